The number of rotatable bonds is 6. The molecule has 0 aliphatic heterocycles. The normalized spacial score (nSPS) is 10.5. The Balaban J connectivity index is 1.84. The van der Waals surface area contributed by atoms with Gasteiger partial charge in [-0.15, -0.1) is 0 Å². The van der Waals surface area contributed by atoms with Gasteiger partial charge in [-0.2, -0.15) is 0 Å². The lowest BCUT2D eigenvalue weighted by molar-refractivity contribution is 0.407. The van der Waals surface area contributed by atoms with E-state index in [9.17, 15) is 9.50 Å². The second-order valence-corrected chi connectivity index (χ2v) is 4.51. The molecule has 2 rings (SSSR count). The Morgan fingerprint density at radius 1 is 1.15 bits per heavy atom. The van der Waals surface area contributed by atoms with E-state index in [0.717, 1.165) is 22.9 Å². The van der Waals surface area contributed by atoms with E-state index in [1.807, 2.05) is 24.3 Å². The molecule has 0 spiro atoms. The van der Waals surface area contributed by atoms with Crippen LogP contribution in [-0.2, 0) is 13.0 Å². The summed E-state index contributed by atoms with van der Waals surface area (Å²) >= 11 is 0. The first kappa shape index (κ1) is 14.3. The van der Waals surface area contributed by atoms with E-state index < -0.39 is 5.82 Å². The summed E-state index contributed by atoms with van der Waals surface area (Å²) in [5.74, 6) is 0.432. The molecule has 106 valence electrons. The minimum atomic E-state index is -0.423. The van der Waals surface area contributed by atoms with Gasteiger partial charge in [0, 0.05) is 18.2 Å². The Bertz CT molecular complexity index is 572. The molecule has 0 aliphatic carbocycles. The lowest BCUT2D eigenvalue weighted by atomic mass is 10.1. The first-order valence-corrected chi connectivity index (χ1v) is 6.50. The third kappa shape index (κ3) is 3.71. The van der Waals surface area contributed by atoms with Crippen LogP contribution >= 0.6 is 0 Å². The number of phenolic OH excluding ortho intramolecular Hbond substituents is 1. The van der Waals surface area contributed by atoms with Crippen molar-refractivity contribution in [3.05, 3.63) is 59.4 Å². The highest BCUT2D eigenvalue weighted by Gasteiger charge is 2.04. The molecule has 20 heavy (non-hydrogen) atoms. The van der Waals surface area contributed by atoms with Crippen molar-refractivity contribution in [1.82, 2.24) is 5.32 Å². The minimum Gasteiger partial charge on any atom is -0.508 e. The van der Waals surface area contributed by atoms with Crippen LogP contribution in [0.25, 0.3) is 0 Å². The second kappa shape index (κ2) is 6.91. The maximum Gasteiger partial charge on any atom is 0.126 e. The zero-order valence-electron chi connectivity index (χ0n) is 11.4. The molecule has 0 radical (unpaired) electrons. The van der Waals surface area contributed by atoms with Crippen LogP contribution in [0.2, 0.25) is 0 Å². The Labute approximate surface area is 118 Å². The molecule has 0 atom stereocenters. The summed E-state index contributed by atoms with van der Waals surface area (Å²) in [6, 6.07) is 11.9. The van der Waals surface area contributed by atoms with E-state index in [1.54, 1.807) is 13.2 Å². The number of ether oxygens (including phenoxy) is 1. The number of nitrogens with one attached hydrogen (secondary N) is 1. The van der Waals surface area contributed by atoms with Crippen LogP contribution in [0.4, 0.5) is 4.39 Å². The molecular weight excluding hydrogens is 257 g/mol. The minimum absolute atomic E-state index is 0.00379. The molecule has 2 aromatic rings. The molecule has 0 aliphatic rings. The SMILES string of the molecule is COc1ccccc1CNCCc1ccc(F)cc1O. The van der Waals surface area contributed by atoms with Crippen molar-refractivity contribution in [3.63, 3.8) is 0 Å². The fourth-order valence-corrected chi connectivity index (χ4v) is 2.04. The fraction of sp³-hybridized carbons (Fsp3) is 0.250. The number of aromatic hydroxyl groups is 1. The number of methoxy groups -OCH3 is 1. The number of halogens is 1. The number of benzene rings is 2. The van der Waals surface area contributed by atoms with Crippen molar-refractivity contribution in [3.8, 4) is 11.5 Å². The molecule has 0 fully saturated rings. The Kier molecular flexibility index (Phi) is 4.96. The smallest absolute Gasteiger partial charge is 0.126 e. The van der Waals surface area contributed by atoms with Gasteiger partial charge in [-0.1, -0.05) is 24.3 Å². The summed E-state index contributed by atoms with van der Waals surface area (Å²) in [7, 11) is 1.65. The molecule has 0 bridgehead atoms. The highest BCUT2D eigenvalue weighted by Crippen LogP contribution is 2.19. The van der Waals surface area contributed by atoms with Gasteiger partial charge in [-0.25, -0.2) is 4.39 Å². The molecule has 0 saturated heterocycles. The predicted octanol–water partition coefficient (Wildman–Crippen LogP) is 2.87. The molecule has 0 saturated carbocycles. The number of para-hydroxylation sites is 1. The van der Waals surface area contributed by atoms with E-state index in [2.05, 4.69) is 5.32 Å². The van der Waals surface area contributed by atoms with Gasteiger partial charge in [0.25, 0.3) is 0 Å². The average Bonchev–Trinajstić information content (AvgIpc) is 2.46. The Morgan fingerprint density at radius 2 is 1.95 bits per heavy atom. The van der Waals surface area contributed by atoms with Crippen molar-refractivity contribution < 1.29 is 14.2 Å². The van der Waals surface area contributed by atoms with E-state index in [4.69, 9.17) is 4.74 Å². The molecular formula is C16H18FNO2. The summed E-state index contributed by atoms with van der Waals surface area (Å²) in [6.07, 6.45) is 0.640. The van der Waals surface area contributed by atoms with Crippen LogP contribution < -0.4 is 10.1 Å². The quantitative estimate of drug-likeness (QED) is 0.797. The zero-order chi connectivity index (χ0) is 14.4. The van der Waals surface area contributed by atoms with E-state index >= 15 is 0 Å². The van der Waals surface area contributed by atoms with Crippen molar-refractivity contribution in [1.29, 1.82) is 0 Å². The van der Waals surface area contributed by atoms with Gasteiger partial charge in [0.2, 0.25) is 0 Å². The van der Waals surface area contributed by atoms with Gasteiger partial charge in [-0.3, -0.25) is 0 Å². The summed E-state index contributed by atoms with van der Waals surface area (Å²) in [4.78, 5) is 0. The Hall–Kier alpha value is -2.07. The van der Waals surface area contributed by atoms with Crippen LogP contribution in [0.15, 0.2) is 42.5 Å². The molecule has 2 N–H and O–H groups in total. The van der Waals surface area contributed by atoms with Crippen molar-refractivity contribution in [2.24, 2.45) is 0 Å². The maximum atomic E-state index is 12.9. The van der Waals surface area contributed by atoms with Gasteiger partial charge in [-0.05, 0) is 30.7 Å². The molecule has 4 heteroatoms. The predicted molar refractivity (Wildman–Crippen MR) is 76.5 cm³/mol. The van der Waals surface area contributed by atoms with E-state index in [0.29, 0.717) is 19.5 Å². The number of hydrogen-bond donors (Lipinski definition) is 2. The largest absolute Gasteiger partial charge is 0.508 e. The number of phenols is 1. The van der Waals surface area contributed by atoms with Crippen LogP contribution in [-0.4, -0.2) is 18.8 Å². The topological polar surface area (TPSA) is 41.5 Å². The number of hydrogen-bond acceptors (Lipinski definition) is 3. The molecule has 0 heterocycles. The van der Waals surface area contributed by atoms with Gasteiger partial charge in [0.15, 0.2) is 0 Å². The van der Waals surface area contributed by atoms with Gasteiger partial charge >= 0.3 is 0 Å². The first-order valence-electron chi connectivity index (χ1n) is 6.50. The van der Waals surface area contributed by atoms with E-state index in [1.165, 1.54) is 6.07 Å². The van der Waals surface area contributed by atoms with Crippen molar-refractivity contribution in [2.45, 2.75) is 13.0 Å². The van der Waals surface area contributed by atoms with Crippen molar-refractivity contribution >= 4 is 0 Å². The summed E-state index contributed by atoms with van der Waals surface area (Å²) in [5, 5.41) is 12.9. The van der Waals surface area contributed by atoms with Gasteiger partial charge < -0.3 is 15.2 Å². The van der Waals surface area contributed by atoms with Crippen molar-refractivity contribution in [2.75, 3.05) is 13.7 Å². The second-order valence-electron chi connectivity index (χ2n) is 4.51. The maximum absolute atomic E-state index is 12.9. The molecule has 2 aromatic carbocycles. The average molecular weight is 275 g/mol. The van der Waals surface area contributed by atoms with Gasteiger partial charge in [0.1, 0.15) is 17.3 Å². The molecule has 0 unspecified atom stereocenters. The molecule has 3 nitrogen and oxygen atoms in total. The lowest BCUT2D eigenvalue weighted by Gasteiger charge is -2.10. The fourth-order valence-electron chi connectivity index (χ4n) is 2.04. The lowest BCUT2D eigenvalue weighted by Crippen LogP contribution is -2.17. The standard InChI is InChI=1S/C16H18FNO2/c1-20-16-5-3-2-4-13(16)11-18-9-8-12-6-7-14(17)10-15(12)19/h2-7,10,18-19H,8-9,11H2,1H3. The van der Waals surface area contributed by atoms with Gasteiger partial charge in [0.05, 0.1) is 7.11 Å². The summed E-state index contributed by atoms with van der Waals surface area (Å²) in [5.41, 5.74) is 1.82. The monoisotopic (exact) mass is 275 g/mol. The van der Waals surface area contributed by atoms with Crippen LogP contribution in [0.1, 0.15) is 11.1 Å². The van der Waals surface area contributed by atoms with Crippen LogP contribution in [0.5, 0.6) is 11.5 Å². The third-order valence-electron chi connectivity index (χ3n) is 3.13. The highest BCUT2D eigenvalue weighted by molar-refractivity contribution is 5.34. The molecule has 0 amide bonds. The molecule has 0 aromatic heterocycles. The zero-order valence-corrected chi connectivity index (χ0v) is 11.4. The van der Waals surface area contributed by atoms with E-state index in [-0.39, 0.29) is 5.75 Å². The third-order valence-corrected chi connectivity index (χ3v) is 3.13. The van der Waals surface area contributed by atoms with Crippen LogP contribution in [0, 0.1) is 5.82 Å². The summed E-state index contributed by atoms with van der Waals surface area (Å²) in [6.45, 7) is 1.38. The Morgan fingerprint density at radius 3 is 2.70 bits per heavy atom. The van der Waals surface area contributed by atoms with Crippen LogP contribution in [0.3, 0.4) is 0 Å². The first-order chi connectivity index (χ1) is 9.70. The summed E-state index contributed by atoms with van der Waals surface area (Å²) < 4.78 is 18.1. The highest BCUT2D eigenvalue weighted by atomic mass is 19.1.